The van der Waals surface area contributed by atoms with Crippen molar-refractivity contribution in [1.82, 2.24) is 10.2 Å². The molecule has 1 saturated heterocycles. The lowest BCUT2D eigenvalue weighted by Gasteiger charge is -2.27. The van der Waals surface area contributed by atoms with E-state index < -0.39 is 0 Å². The van der Waals surface area contributed by atoms with E-state index in [1.54, 1.807) is 0 Å². The molecule has 1 aliphatic heterocycles. The van der Waals surface area contributed by atoms with Crippen LogP contribution >= 0.6 is 0 Å². The molecule has 2 saturated carbocycles. The van der Waals surface area contributed by atoms with Gasteiger partial charge in [-0.05, 0) is 44.4 Å². The normalized spacial score (nSPS) is 34.4. The summed E-state index contributed by atoms with van der Waals surface area (Å²) in [7, 11) is 0. The van der Waals surface area contributed by atoms with Gasteiger partial charge >= 0.3 is 0 Å². The van der Waals surface area contributed by atoms with Crippen LogP contribution in [0.4, 0.5) is 0 Å². The smallest absolute Gasteiger partial charge is 0.233 e. The van der Waals surface area contributed by atoms with Crippen molar-refractivity contribution in [2.45, 2.75) is 70.8 Å². The van der Waals surface area contributed by atoms with Gasteiger partial charge in [-0.3, -0.25) is 19.3 Å². The molecule has 3 rings (SSSR count). The van der Waals surface area contributed by atoms with Crippen LogP contribution in [0.3, 0.4) is 0 Å². The maximum atomic E-state index is 12.4. The van der Waals surface area contributed by atoms with E-state index in [9.17, 15) is 14.4 Å². The Hall–Kier alpha value is -1.39. The van der Waals surface area contributed by atoms with Crippen LogP contribution in [0, 0.1) is 17.8 Å². The SMILES string of the molecule is CC1CCC(NC(=O)CCN2C(=O)[C@H]3CCCC[C@H]3C2=O)CC1. The summed E-state index contributed by atoms with van der Waals surface area (Å²) in [6, 6.07) is 0.270. The minimum absolute atomic E-state index is 0.0278. The number of rotatable bonds is 4. The van der Waals surface area contributed by atoms with Crippen LogP contribution in [-0.4, -0.2) is 35.2 Å². The third-order valence-electron chi connectivity index (χ3n) is 5.88. The van der Waals surface area contributed by atoms with Gasteiger partial charge in [-0.15, -0.1) is 0 Å². The van der Waals surface area contributed by atoms with Gasteiger partial charge in [0.05, 0.1) is 11.8 Å². The van der Waals surface area contributed by atoms with Crippen LogP contribution in [0.5, 0.6) is 0 Å². The molecular formula is C18H28N2O3. The van der Waals surface area contributed by atoms with Crippen LogP contribution in [-0.2, 0) is 14.4 Å². The molecule has 23 heavy (non-hydrogen) atoms. The summed E-state index contributed by atoms with van der Waals surface area (Å²) in [5.74, 6) is 0.419. The molecule has 0 radical (unpaired) electrons. The Kier molecular flexibility index (Phi) is 5.02. The molecule has 0 bridgehead atoms. The zero-order valence-electron chi connectivity index (χ0n) is 14.1. The Bertz CT molecular complexity index is 459. The highest BCUT2D eigenvalue weighted by Crippen LogP contribution is 2.37. The lowest BCUT2D eigenvalue weighted by molar-refractivity contribution is -0.140. The van der Waals surface area contributed by atoms with Gasteiger partial charge in [0.1, 0.15) is 0 Å². The highest BCUT2D eigenvalue weighted by Gasteiger charge is 2.47. The molecule has 0 spiro atoms. The molecule has 5 nitrogen and oxygen atoms in total. The molecule has 3 amide bonds. The Morgan fingerprint density at radius 3 is 2.13 bits per heavy atom. The van der Waals surface area contributed by atoms with Crippen molar-refractivity contribution in [2.24, 2.45) is 17.8 Å². The molecule has 3 aliphatic rings. The van der Waals surface area contributed by atoms with Gasteiger partial charge in [0, 0.05) is 19.0 Å². The Balaban J connectivity index is 1.47. The number of carbonyl (C=O) groups is 3. The predicted molar refractivity (Wildman–Crippen MR) is 86.3 cm³/mol. The molecule has 1 heterocycles. The van der Waals surface area contributed by atoms with Gasteiger partial charge < -0.3 is 5.32 Å². The molecule has 0 aromatic heterocycles. The summed E-state index contributed by atoms with van der Waals surface area (Å²) in [5.41, 5.74) is 0. The maximum absolute atomic E-state index is 12.4. The van der Waals surface area contributed by atoms with Crippen molar-refractivity contribution < 1.29 is 14.4 Å². The molecule has 2 aliphatic carbocycles. The van der Waals surface area contributed by atoms with E-state index in [-0.39, 0.29) is 48.6 Å². The molecule has 3 fully saturated rings. The van der Waals surface area contributed by atoms with Crippen molar-refractivity contribution in [3.63, 3.8) is 0 Å². The zero-order valence-corrected chi connectivity index (χ0v) is 14.1. The lowest BCUT2D eigenvalue weighted by Crippen LogP contribution is -2.40. The number of fused-ring (bicyclic) bond motifs is 1. The van der Waals surface area contributed by atoms with Crippen LogP contribution in [0.2, 0.25) is 0 Å². The molecule has 128 valence electrons. The van der Waals surface area contributed by atoms with E-state index in [0.29, 0.717) is 0 Å². The average molecular weight is 320 g/mol. The summed E-state index contributed by atoms with van der Waals surface area (Å²) < 4.78 is 0. The predicted octanol–water partition coefficient (Wildman–Crippen LogP) is 2.25. The van der Waals surface area contributed by atoms with Crippen LogP contribution in [0.15, 0.2) is 0 Å². The standard InChI is InChI=1S/C18H28N2O3/c1-12-6-8-13(9-7-12)19-16(21)10-11-20-17(22)14-4-2-3-5-15(14)18(20)23/h12-15H,2-11H2,1H3,(H,19,21)/t12?,13?,14-,15+. The topological polar surface area (TPSA) is 66.5 Å². The summed E-state index contributed by atoms with van der Waals surface area (Å²) in [5, 5.41) is 3.07. The first-order valence-corrected chi connectivity index (χ1v) is 9.21. The fourth-order valence-corrected chi connectivity index (χ4v) is 4.37. The highest BCUT2D eigenvalue weighted by atomic mass is 16.2. The fraction of sp³-hybridized carbons (Fsp3) is 0.833. The van der Waals surface area contributed by atoms with Crippen molar-refractivity contribution in [1.29, 1.82) is 0 Å². The quantitative estimate of drug-likeness (QED) is 0.808. The van der Waals surface area contributed by atoms with Crippen LogP contribution in [0.1, 0.15) is 64.7 Å². The first-order chi connectivity index (χ1) is 11.1. The van der Waals surface area contributed by atoms with E-state index >= 15 is 0 Å². The lowest BCUT2D eigenvalue weighted by atomic mass is 9.81. The van der Waals surface area contributed by atoms with Crippen LogP contribution in [0.25, 0.3) is 0 Å². The molecule has 5 heteroatoms. The zero-order chi connectivity index (χ0) is 16.4. The molecule has 0 unspecified atom stereocenters. The molecule has 1 N–H and O–H groups in total. The van der Waals surface area contributed by atoms with Crippen LogP contribution < -0.4 is 5.32 Å². The average Bonchev–Trinajstić information content (AvgIpc) is 2.80. The van der Waals surface area contributed by atoms with Crippen molar-refractivity contribution in [3.05, 3.63) is 0 Å². The minimum Gasteiger partial charge on any atom is -0.353 e. The number of carbonyl (C=O) groups excluding carboxylic acids is 3. The van der Waals surface area contributed by atoms with Gasteiger partial charge in [0.15, 0.2) is 0 Å². The largest absolute Gasteiger partial charge is 0.353 e. The Morgan fingerprint density at radius 1 is 1.00 bits per heavy atom. The van der Waals surface area contributed by atoms with E-state index in [1.165, 1.54) is 4.90 Å². The first-order valence-electron chi connectivity index (χ1n) is 9.21. The van der Waals surface area contributed by atoms with Crippen molar-refractivity contribution in [2.75, 3.05) is 6.54 Å². The molecule has 2 atom stereocenters. The van der Waals surface area contributed by atoms with E-state index in [0.717, 1.165) is 57.3 Å². The monoisotopic (exact) mass is 320 g/mol. The number of nitrogens with zero attached hydrogens (tertiary/aromatic N) is 1. The summed E-state index contributed by atoms with van der Waals surface area (Å²) in [6.45, 7) is 2.50. The summed E-state index contributed by atoms with van der Waals surface area (Å²) in [4.78, 5) is 38.2. The second-order valence-corrected chi connectivity index (χ2v) is 7.60. The Morgan fingerprint density at radius 2 is 1.57 bits per heavy atom. The minimum atomic E-state index is -0.112. The van der Waals surface area contributed by atoms with E-state index in [1.807, 2.05) is 0 Å². The van der Waals surface area contributed by atoms with Gasteiger partial charge in [0.25, 0.3) is 0 Å². The highest BCUT2D eigenvalue weighted by molar-refractivity contribution is 6.05. The Labute approximate surface area is 138 Å². The molecule has 0 aromatic rings. The first kappa shape index (κ1) is 16.5. The number of likely N-dealkylation sites (tertiary alicyclic amines) is 1. The fourth-order valence-electron chi connectivity index (χ4n) is 4.37. The second kappa shape index (κ2) is 7.02. The molecule has 0 aromatic carbocycles. The number of nitrogens with one attached hydrogen (secondary N) is 1. The van der Waals surface area contributed by atoms with E-state index in [2.05, 4.69) is 12.2 Å². The number of imide groups is 1. The van der Waals surface area contributed by atoms with Crippen molar-refractivity contribution >= 4 is 17.7 Å². The molecular weight excluding hydrogens is 292 g/mol. The van der Waals surface area contributed by atoms with E-state index in [4.69, 9.17) is 0 Å². The third kappa shape index (κ3) is 3.59. The van der Waals surface area contributed by atoms with Gasteiger partial charge in [-0.2, -0.15) is 0 Å². The van der Waals surface area contributed by atoms with Gasteiger partial charge in [0.2, 0.25) is 17.7 Å². The third-order valence-corrected chi connectivity index (χ3v) is 5.88. The number of amides is 3. The van der Waals surface area contributed by atoms with Gasteiger partial charge in [-0.1, -0.05) is 19.8 Å². The van der Waals surface area contributed by atoms with Crippen molar-refractivity contribution in [3.8, 4) is 0 Å². The van der Waals surface area contributed by atoms with Gasteiger partial charge in [-0.25, -0.2) is 0 Å². The summed E-state index contributed by atoms with van der Waals surface area (Å²) in [6.07, 6.45) is 8.38. The summed E-state index contributed by atoms with van der Waals surface area (Å²) >= 11 is 0. The number of hydrogen-bond acceptors (Lipinski definition) is 3. The maximum Gasteiger partial charge on any atom is 0.233 e. The number of hydrogen-bond donors (Lipinski definition) is 1. The second-order valence-electron chi connectivity index (χ2n) is 7.60.